The summed E-state index contributed by atoms with van der Waals surface area (Å²) >= 11 is 0. The molecule has 0 unspecified atom stereocenters. The van der Waals surface area contributed by atoms with E-state index in [2.05, 4.69) is 229 Å². The Labute approximate surface area is 337 Å². The first-order valence-corrected chi connectivity index (χ1v) is 19.9. The van der Waals surface area contributed by atoms with Crippen molar-refractivity contribution >= 4 is 60.8 Å². The molecule has 9 aromatic carbocycles. The van der Waals surface area contributed by atoms with Gasteiger partial charge in [0.15, 0.2) is 0 Å². The van der Waals surface area contributed by atoms with Crippen molar-refractivity contribution in [1.29, 1.82) is 0 Å². The minimum Gasteiger partial charge on any atom is -0.455 e. The average Bonchev–Trinajstić information content (AvgIpc) is 3.85. The molecule has 0 spiro atoms. The number of aryl methyl sites for hydroxylation is 1. The number of hydrogen-bond donors (Lipinski definition) is 0. The van der Waals surface area contributed by atoms with E-state index in [0.29, 0.717) is 0 Å². The first kappa shape index (κ1) is 33.7. The van der Waals surface area contributed by atoms with E-state index in [1.54, 1.807) is 0 Å². The van der Waals surface area contributed by atoms with E-state index in [1.807, 2.05) is 0 Å². The zero-order valence-corrected chi connectivity index (χ0v) is 32.0. The monoisotopic (exact) mass is 742 g/mol. The summed E-state index contributed by atoms with van der Waals surface area (Å²) in [4.78, 5) is 2.44. The summed E-state index contributed by atoms with van der Waals surface area (Å²) in [7, 11) is 0. The topological polar surface area (TPSA) is 21.3 Å². The van der Waals surface area contributed by atoms with E-state index in [0.717, 1.165) is 66.9 Å². The number of nitrogens with zero attached hydrogens (tertiary/aromatic N) is 2. The highest BCUT2D eigenvalue weighted by atomic mass is 16.3. The number of rotatable bonds is 7. The standard InChI is InChI=1S/C55H38N2O/c1-37-35-41(38-17-5-2-6-18-38)36-48(39-19-7-3-8-20-39)54(37)57(42-21-9-4-10-22-42)51-34-33-44(55-53(51)47-25-13-16-28-52(47)58-55)40-29-31-43(32-30-40)56-49-26-14-11-23-45(49)46-24-12-15-27-50(46)56/h2-36H,1H3. The van der Waals surface area contributed by atoms with Gasteiger partial charge in [-0.15, -0.1) is 0 Å². The fourth-order valence-electron chi connectivity index (χ4n) is 8.89. The van der Waals surface area contributed by atoms with E-state index in [9.17, 15) is 0 Å². The third kappa shape index (κ3) is 5.51. The van der Waals surface area contributed by atoms with Gasteiger partial charge in [0.05, 0.1) is 27.8 Å². The van der Waals surface area contributed by atoms with Crippen molar-refractivity contribution in [3.8, 4) is 39.1 Å². The van der Waals surface area contributed by atoms with Crippen LogP contribution in [0.25, 0.3) is 82.8 Å². The molecule has 0 aliphatic rings. The second-order valence-electron chi connectivity index (χ2n) is 14.9. The number of fused-ring (bicyclic) bond motifs is 6. The first-order chi connectivity index (χ1) is 28.7. The Morgan fingerprint density at radius 3 is 1.66 bits per heavy atom. The molecule has 0 saturated heterocycles. The minimum atomic E-state index is 0.862. The van der Waals surface area contributed by atoms with Crippen molar-refractivity contribution in [3.05, 3.63) is 218 Å². The van der Waals surface area contributed by atoms with Crippen molar-refractivity contribution in [2.75, 3.05) is 4.90 Å². The third-order valence-corrected chi connectivity index (χ3v) is 11.5. The Morgan fingerprint density at radius 2 is 0.983 bits per heavy atom. The molecule has 274 valence electrons. The summed E-state index contributed by atoms with van der Waals surface area (Å²) in [5, 5.41) is 4.67. The van der Waals surface area contributed by atoms with Crippen LogP contribution in [-0.2, 0) is 0 Å². The lowest BCUT2D eigenvalue weighted by Crippen LogP contribution is -2.13. The average molecular weight is 743 g/mol. The van der Waals surface area contributed by atoms with Crippen LogP contribution in [0.15, 0.2) is 217 Å². The zero-order valence-electron chi connectivity index (χ0n) is 32.0. The lowest BCUT2D eigenvalue weighted by molar-refractivity contribution is 0.670. The Kier molecular flexibility index (Phi) is 8.04. The van der Waals surface area contributed by atoms with Gasteiger partial charge in [0.25, 0.3) is 0 Å². The lowest BCUT2D eigenvalue weighted by Gasteiger charge is -2.31. The summed E-state index contributed by atoms with van der Waals surface area (Å²) in [6.07, 6.45) is 0. The molecule has 3 heteroatoms. The quantitative estimate of drug-likeness (QED) is 0.162. The van der Waals surface area contributed by atoms with Crippen LogP contribution in [0.4, 0.5) is 17.1 Å². The lowest BCUT2D eigenvalue weighted by atomic mass is 9.92. The van der Waals surface area contributed by atoms with Crippen LogP contribution in [0.3, 0.4) is 0 Å². The Morgan fingerprint density at radius 1 is 0.431 bits per heavy atom. The molecule has 0 saturated carbocycles. The Hall–Kier alpha value is -7.62. The third-order valence-electron chi connectivity index (χ3n) is 11.5. The van der Waals surface area contributed by atoms with Gasteiger partial charge in [0.2, 0.25) is 0 Å². The van der Waals surface area contributed by atoms with Crippen molar-refractivity contribution in [2.24, 2.45) is 0 Å². The molecule has 2 heterocycles. The van der Waals surface area contributed by atoms with Gasteiger partial charge < -0.3 is 13.9 Å². The van der Waals surface area contributed by atoms with Crippen LogP contribution in [0.5, 0.6) is 0 Å². The molecule has 0 amide bonds. The van der Waals surface area contributed by atoms with Crippen molar-refractivity contribution < 1.29 is 4.42 Å². The van der Waals surface area contributed by atoms with Crippen LogP contribution in [0.2, 0.25) is 0 Å². The van der Waals surface area contributed by atoms with Crippen LogP contribution in [0, 0.1) is 6.92 Å². The van der Waals surface area contributed by atoms with E-state index in [4.69, 9.17) is 4.42 Å². The molecule has 0 N–H and O–H groups in total. The highest BCUT2D eigenvalue weighted by molar-refractivity contribution is 6.18. The van der Waals surface area contributed by atoms with E-state index in [-0.39, 0.29) is 0 Å². The molecule has 0 radical (unpaired) electrons. The summed E-state index contributed by atoms with van der Waals surface area (Å²) in [5.74, 6) is 0. The van der Waals surface area contributed by atoms with Crippen LogP contribution < -0.4 is 4.90 Å². The van der Waals surface area contributed by atoms with Gasteiger partial charge in [0.1, 0.15) is 11.2 Å². The van der Waals surface area contributed by atoms with Gasteiger partial charge in [-0.2, -0.15) is 0 Å². The fourth-order valence-corrected chi connectivity index (χ4v) is 8.89. The highest BCUT2D eigenvalue weighted by Gasteiger charge is 2.26. The molecular weight excluding hydrogens is 705 g/mol. The SMILES string of the molecule is Cc1cc(-c2ccccc2)cc(-c2ccccc2)c1N(c1ccccc1)c1ccc(-c2ccc(-n3c4ccccc4c4ccccc43)cc2)c2oc3ccccc3c12. The van der Waals surface area contributed by atoms with Gasteiger partial charge >= 0.3 is 0 Å². The van der Waals surface area contributed by atoms with Gasteiger partial charge in [-0.3, -0.25) is 0 Å². The first-order valence-electron chi connectivity index (χ1n) is 19.9. The zero-order chi connectivity index (χ0) is 38.6. The van der Waals surface area contributed by atoms with Gasteiger partial charge in [-0.25, -0.2) is 0 Å². The fraction of sp³-hybridized carbons (Fsp3) is 0.0182. The predicted octanol–water partition coefficient (Wildman–Crippen LogP) is 15.5. The molecule has 0 atom stereocenters. The van der Waals surface area contributed by atoms with E-state index in [1.165, 1.54) is 38.5 Å². The molecule has 3 nitrogen and oxygen atoms in total. The summed E-state index contributed by atoms with van der Waals surface area (Å²) < 4.78 is 9.27. The number of para-hydroxylation sites is 4. The van der Waals surface area contributed by atoms with Gasteiger partial charge in [-0.1, -0.05) is 146 Å². The van der Waals surface area contributed by atoms with E-state index < -0.39 is 0 Å². The number of aromatic nitrogens is 1. The minimum absolute atomic E-state index is 0.862. The molecule has 0 fully saturated rings. The maximum Gasteiger partial charge on any atom is 0.145 e. The smallest absolute Gasteiger partial charge is 0.145 e. The molecular formula is C55H38N2O. The maximum atomic E-state index is 6.91. The molecule has 2 aromatic heterocycles. The summed E-state index contributed by atoms with van der Waals surface area (Å²) in [6, 6.07) is 76.0. The molecule has 11 rings (SSSR count). The summed E-state index contributed by atoms with van der Waals surface area (Å²) in [6.45, 7) is 2.24. The van der Waals surface area contributed by atoms with Crippen molar-refractivity contribution in [3.63, 3.8) is 0 Å². The van der Waals surface area contributed by atoms with Gasteiger partial charge in [0, 0.05) is 38.7 Å². The number of hydrogen-bond acceptors (Lipinski definition) is 2. The largest absolute Gasteiger partial charge is 0.455 e. The molecule has 0 aliphatic carbocycles. The molecule has 58 heavy (non-hydrogen) atoms. The molecule has 11 aromatic rings. The second kappa shape index (κ2) is 13.8. The maximum absolute atomic E-state index is 6.91. The second-order valence-corrected chi connectivity index (χ2v) is 14.9. The Balaban J connectivity index is 1.13. The number of benzene rings is 9. The normalized spacial score (nSPS) is 11.5. The number of furan rings is 1. The molecule has 0 bridgehead atoms. The van der Waals surface area contributed by atoms with Crippen LogP contribution in [-0.4, -0.2) is 4.57 Å². The highest BCUT2D eigenvalue weighted by Crippen LogP contribution is 2.50. The van der Waals surface area contributed by atoms with Crippen LogP contribution in [0.1, 0.15) is 5.56 Å². The predicted molar refractivity (Wildman–Crippen MR) is 244 cm³/mol. The molecule has 0 aliphatic heterocycles. The van der Waals surface area contributed by atoms with Crippen molar-refractivity contribution in [1.82, 2.24) is 4.57 Å². The summed E-state index contributed by atoms with van der Waals surface area (Å²) in [5.41, 5.74) is 16.5. The Bertz CT molecular complexity index is 3220. The van der Waals surface area contributed by atoms with Gasteiger partial charge in [-0.05, 0) is 101 Å². The number of anilines is 3. The van der Waals surface area contributed by atoms with Crippen LogP contribution >= 0.6 is 0 Å². The van der Waals surface area contributed by atoms with Crippen molar-refractivity contribution in [2.45, 2.75) is 6.92 Å². The van der Waals surface area contributed by atoms with E-state index >= 15 is 0 Å².